The normalized spacial score (nSPS) is 22.4. The van der Waals surface area contributed by atoms with Gasteiger partial charge in [-0.25, -0.2) is 18.4 Å². The van der Waals surface area contributed by atoms with E-state index < -0.39 is 9.84 Å². The third-order valence-corrected chi connectivity index (χ3v) is 6.73. The van der Waals surface area contributed by atoms with Crippen LogP contribution >= 0.6 is 0 Å². The van der Waals surface area contributed by atoms with Crippen LogP contribution in [0.1, 0.15) is 6.42 Å². The molecule has 2 aliphatic heterocycles. The van der Waals surface area contributed by atoms with E-state index in [1.54, 1.807) is 6.33 Å². The summed E-state index contributed by atoms with van der Waals surface area (Å²) >= 11 is 0. The van der Waals surface area contributed by atoms with Crippen LogP contribution in [0.25, 0.3) is 0 Å². The quantitative estimate of drug-likeness (QED) is 0.868. The van der Waals surface area contributed by atoms with E-state index in [1.807, 2.05) is 12.1 Å². The number of hydrogen-bond acceptors (Lipinski definition) is 7. The van der Waals surface area contributed by atoms with E-state index >= 15 is 0 Å². The van der Waals surface area contributed by atoms with Crippen molar-refractivity contribution in [2.45, 2.75) is 12.5 Å². The molecule has 0 aliphatic carbocycles. The number of rotatable bonds is 4. The Bertz CT molecular complexity index is 851. The summed E-state index contributed by atoms with van der Waals surface area (Å²) in [6, 6.07) is 12.3. The van der Waals surface area contributed by atoms with Crippen molar-refractivity contribution in [3.8, 4) is 0 Å². The van der Waals surface area contributed by atoms with Gasteiger partial charge in [0.2, 0.25) is 0 Å². The van der Waals surface area contributed by atoms with E-state index in [2.05, 4.69) is 49.4 Å². The largest absolute Gasteiger partial charge is 0.368 e. The van der Waals surface area contributed by atoms with E-state index in [1.165, 1.54) is 5.69 Å². The zero-order chi connectivity index (χ0) is 18.0. The van der Waals surface area contributed by atoms with Crippen molar-refractivity contribution in [3.05, 3.63) is 42.7 Å². The lowest BCUT2D eigenvalue weighted by Gasteiger charge is -2.36. The minimum absolute atomic E-state index is 0.0577. The minimum Gasteiger partial charge on any atom is -0.368 e. The maximum absolute atomic E-state index is 11.6. The summed E-state index contributed by atoms with van der Waals surface area (Å²) in [6.45, 7) is 3.67. The number of hydrogen-bond donors (Lipinski definition) is 1. The van der Waals surface area contributed by atoms with Gasteiger partial charge in [0.05, 0.1) is 11.5 Å². The Kier molecular flexibility index (Phi) is 4.67. The average Bonchev–Trinajstić information content (AvgIpc) is 3.01. The molecule has 7 nitrogen and oxygen atoms in total. The standard InChI is InChI=1S/C18H23N5O2S/c24-26(25)11-6-15(13-26)21-17-12-18(20-14-19-17)23-9-7-22(8-10-23)16-4-2-1-3-5-16/h1-5,12,14-15H,6-11,13H2,(H,19,20,21). The average molecular weight is 373 g/mol. The molecule has 2 aromatic rings. The monoisotopic (exact) mass is 373 g/mol. The highest BCUT2D eigenvalue weighted by Crippen LogP contribution is 2.21. The smallest absolute Gasteiger partial charge is 0.152 e. The molecule has 0 spiro atoms. The molecule has 138 valence electrons. The van der Waals surface area contributed by atoms with Gasteiger partial charge < -0.3 is 15.1 Å². The summed E-state index contributed by atoms with van der Waals surface area (Å²) in [6.07, 6.45) is 2.18. The zero-order valence-electron chi connectivity index (χ0n) is 14.6. The summed E-state index contributed by atoms with van der Waals surface area (Å²) in [5.74, 6) is 2.02. The van der Waals surface area contributed by atoms with Crippen molar-refractivity contribution in [1.29, 1.82) is 0 Å². The van der Waals surface area contributed by atoms with Crippen LogP contribution in [0.5, 0.6) is 0 Å². The molecular formula is C18H23N5O2S. The third kappa shape index (κ3) is 3.90. The predicted molar refractivity (Wildman–Crippen MR) is 104 cm³/mol. The fraction of sp³-hybridized carbons (Fsp3) is 0.444. The van der Waals surface area contributed by atoms with Gasteiger partial charge in [0.1, 0.15) is 18.0 Å². The molecule has 2 saturated heterocycles. The van der Waals surface area contributed by atoms with Crippen LogP contribution in [-0.4, -0.2) is 62.1 Å². The van der Waals surface area contributed by atoms with Gasteiger partial charge in [-0.2, -0.15) is 0 Å². The van der Waals surface area contributed by atoms with Crippen molar-refractivity contribution in [1.82, 2.24) is 9.97 Å². The Morgan fingerprint density at radius 1 is 1.00 bits per heavy atom. The van der Waals surface area contributed by atoms with Crippen LogP contribution in [0.15, 0.2) is 42.7 Å². The Hall–Kier alpha value is -2.35. The van der Waals surface area contributed by atoms with Gasteiger partial charge in [0.25, 0.3) is 0 Å². The molecule has 3 heterocycles. The van der Waals surface area contributed by atoms with Gasteiger partial charge in [0.15, 0.2) is 9.84 Å². The Balaban J connectivity index is 1.38. The predicted octanol–water partition coefficient (Wildman–Crippen LogP) is 1.40. The van der Waals surface area contributed by atoms with E-state index in [9.17, 15) is 8.42 Å². The van der Waals surface area contributed by atoms with E-state index in [0.29, 0.717) is 12.2 Å². The molecule has 1 atom stereocenters. The summed E-state index contributed by atoms with van der Waals surface area (Å²) in [5, 5.41) is 3.24. The van der Waals surface area contributed by atoms with E-state index in [-0.39, 0.29) is 17.5 Å². The molecule has 8 heteroatoms. The Morgan fingerprint density at radius 3 is 2.42 bits per heavy atom. The number of nitrogens with one attached hydrogen (secondary N) is 1. The summed E-state index contributed by atoms with van der Waals surface area (Å²) in [4.78, 5) is 13.3. The number of sulfone groups is 1. The molecular weight excluding hydrogens is 350 g/mol. The Morgan fingerprint density at radius 2 is 1.73 bits per heavy atom. The molecule has 0 amide bonds. The van der Waals surface area contributed by atoms with Crippen molar-refractivity contribution >= 4 is 27.2 Å². The molecule has 0 radical (unpaired) electrons. The summed E-state index contributed by atoms with van der Waals surface area (Å²) in [7, 11) is -2.90. The second kappa shape index (κ2) is 7.11. The molecule has 2 fully saturated rings. The highest BCUT2D eigenvalue weighted by molar-refractivity contribution is 7.91. The number of para-hydroxylation sites is 1. The van der Waals surface area contributed by atoms with Crippen LogP contribution < -0.4 is 15.1 Å². The third-order valence-electron chi connectivity index (χ3n) is 4.96. The molecule has 4 rings (SSSR count). The fourth-order valence-corrected chi connectivity index (χ4v) is 5.22. The molecule has 1 aromatic heterocycles. The lowest BCUT2D eigenvalue weighted by molar-refractivity contribution is 0.602. The SMILES string of the molecule is O=S1(=O)CCC(Nc2cc(N3CCN(c4ccccc4)CC3)ncn2)C1. The lowest BCUT2D eigenvalue weighted by Crippen LogP contribution is -2.46. The maximum atomic E-state index is 11.6. The lowest BCUT2D eigenvalue weighted by atomic mass is 10.2. The number of aromatic nitrogens is 2. The second-order valence-corrected chi connectivity index (χ2v) is 9.04. The highest BCUT2D eigenvalue weighted by atomic mass is 32.2. The number of piperazine rings is 1. The molecule has 26 heavy (non-hydrogen) atoms. The summed E-state index contributed by atoms with van der Waals surface area (Å²) < 4.78 is 23.2. The van der Waals surface area contributed by atoms with E-state index in [4.69, 9.17) is 0 Å². The topological polar surface area (TPSA) is 78.4 Å². The summed E-state index contributed by atoms with van der Waals surface area (Å²) in [5.41, 5.74) is 1.25. The number of nitrogens with zero attached hydrogens (tertiary/aromatic N) is 4. The fourth-order valence-electron chi connectivity index (χ4n) is 3.55. The molecule has 1 N–H and O–H groups in total. The molecule has 1 unspecified atom stereocenters. The molecule has 1 aromatic carbocycles. The first-order chi connectivity index (χ1) is 12.6. The van der Waals surface area contributed by atoms with Crippen LogP contribution in [0.3, 0.4) is 0 Å². The van der Waals surface area contributed by atoms with Crippen LogP contribution in [-0.2, 0) is 9.84 Å². The molecule has 0 saturated carbocycles. The maximum Gasteiger partial charge on any atom is 0.152 e. The minimum atomic E-state index is -2.90. The van der Waals surface area contributed by atoms with Crippen molar-refractivity contribution in [2.75, 3.05) is 52.8 Å². The first kappa shape index (κ1) is 17.1. The van der Waals surface area contributed by atoms with Crippen molar-refractivity contribution in [3.63, 3.8) is 0 Å². The van der Waals surface area contributed by atoms with Gasteiger partial charge >= 0.3 is 0 Å². The Labute approximate surface area is 154 Å². The van der Waals surface area contributed by atoms with Crippen LogP contribution in [0.4, 0.5) is 17.3 Å². The zero-order valence-corrected chi connectivity index (χ0v) is 15.4. The number of benzene rings is 1. The van der Waals surface area contributed by atoms with Crippen molar-refractivity contribution < 1.29 is 8.42 Å². The van der Waals surface area contributed by atoms with Crippen LogP contribution in [0, 0.1) is 0 Å². The first-order valence-electron chi connectivity index (χ1n) is 8.93. The second-order valence-electron chi connectivity index (χ2n) is 6.82. The van der Waals surface area contributed by atoms with Crippen LogP contribution in [0.2, 0.25) is 0 Å². The molecule has 2 aliphatic rings. The van der Waals surface area contributed by atoms with Gasteiger partial charge in [-0.05, 0) is 18.6 Å². The number of anilines is 3. The van der Waals surface area contributed by atoms with Gasteiger partial charge in [-0.1, -0.05) is 18.2 Å². The van der Waals surface area contributed by atoms with Gasteiger partial charge in [-0.15, -0.1) is 0 Å². The van der Waals surface area contributed by atoms with Crippen molar-refractivity contribution in [2.24, 2.45) is 0 Å². The van der Waals surface area contributed by atoms with E-state index in [0.717, 1.165) is 32.0 Å². The van der Waals surface area contributed by atoms with Gasteiger partial charge in [0, 0.05) is 44.0 Å². The highest BCUT2D eigenvalue weighted by Gasteiger charge is 2.28. The van der Waals surface area contributed by atoms with Gasteiger partial charge in [-0.3, -0.25) is 0 Å². The molecule has 0 bridgehead atoms. The first-order valence-corrected chi connectivity index (χ1v) is 10.8.